The van der Waals surface area contributed by atoms with Crippen LogP contribution in [0.15, 0.2) is 0 Å². The van der Waals surface area contributed by atoms with Gasteiger partial charge in [0.05, 0.1) is 0 Å². The molecule has 0 aliphatic rings. The summed E-state index contributed by atoms with van der Waals surface area (Å²) in [5.74, 6) is -6.24. The van der Waals surface area contributed by atoms with Gasteiger partial charge in [0, 0.05) is 6.16 Å². The van der Waals surface area contributed by atoms with Crippen molar-refractivity contribution in [3.05, 3.63) is 0 Å². The first-order valence-electron chi connectivity index (χ1n) is 4.29. The van der Waals surface area contributed by atoms with E-state index in [1.165, 1.54) is 0 Å². The molecule has 0 bridgehead atoms. The van der Waals surface area contributed by atoms with Gasteiger partial charge in [0.1, 0.15) is 0 Å². The first kappa shape index (κ1) is 19.9. The molecule has 0 aromatic carbocycles. The van der Waals surface area contributed by atoms with E-state index in [9.17, 15) is 18.9 Å². The van der Waals surface area contributed by atoms with E-state index in [2.05, 4.69) is 0 Å². The summed E-state index contributed by atoms with van der Waals surface area (Å²) < 4.78 is 10.5. The molecule has 0 aromatic rings. The van der Waals surface area contributed by atoms with E-state index in [0.717, 1.165) is 0 Å². The molecule has 0 saturated heterocycles. The number of rotatable bonds is 7. The summed E-state index contributed by atoms with van der Waals surface area (Å²) in [4.78, 5) is 49.1. The van der Waals surface area contributed by atoms with Crippen molar-refractivity contribution in [2.75, 3.05) is 6.16 Å². The van der Waals surface area contributed by atoms with Crippen LogP contribution in [-0.4, -0.2) is 78.7 Å². The molecule has 0 heterocycles. The van der Waals surface area contributed by atoms with Crippen molar-refractivity contribution in [3.8, 4) is 0 Å². The zero-order valence-corrected chi connectivity index (χ0v) is 9.33. The van der Waals surface area contributed by atoms with Gasteiger partial charge in [0.15, 0.2) is 0 Å². The number of carboxylic acid groups (broad SMARTS) is 3. The number of hydrogen-bond acceptors (Lipinski definition) is 4. The van der Waals surface area contributed by atoms with Gasteiger partial charge in [-0.15, -0.1) is 0 Å². The number of hydrogen-bond donors (Lipinski definition) is 5. The van der Waals surface area contributed by atoms with E-state index in [0.29, 0.717) is 0 Å². The summed E-state index contributed by atoms with van der Waals surface area (Å²) in [6.07, 6.45) is -2.21. The maximum atomic E-state index is 10.7. The molecule has 0 saturated carbocycles. The second kappa shape index (κ2) is 7.22. The van der Waals surface area contributed by atoms with Gasteiger partial charge in [-0.1, -0.05) is 0 Å². The molecular weight excluding hydrogens is 282 g/mol. The summed E-state index contributed by atoms with van der Waals surface area (Å²) in [6.45, 7) is 0. The molecule has 9 nitrogen and oxygen atoms in total. The Morgan fingerprint density at radius 2 is 1.28 bits per heavy atom. The summed E-state index contributed by atoms with van der Waals surface area (Å²) in [5, 5.41) is 25.9. The topological polar surface area (TPSA) is 169 Å². The Morgan fingerprint density at radius 3 is 1.50 bits per heavy atom. The van der Waals surface area contributed by atoms with Crippen LogP contribution in [0.5, 0.6) is 0 Å². The second-order valence-corrected chi connectivity index (χ2v) is 5.09. The fraction of sp³-hybridized carbons (Fsp3) is 0.571. The molecule has 11 heteroatoms. The van der Waals surface area contributed by atoms with Gasteiger partial charge < -0.3 is 25.1 Å². The Labute approximate surface area is 123 Å². The molecule has 0 aromatic heterocycles. The molecule has 0 aliphatic carbocycles. The van der Waals surface area contributed by atoms with Crippen LogP contribution in [-0.2, 0) is 18.9 Å². The number of carbonyl (C=O) groups is 3. The van der Waals surface area contributed by atoms with E-state index in [4.69, 9.17) is 25.1 Å². The van der Waals surface area contributed by atoms with E-state index in [1.54, 1.807) is 0 Å². The Balaban J connectivity index is 0. The van der Waals surface area contributed by atoms with Crippen molar-refractivity contribution < 1.29 is 44.1 Å². The molecule has 0 fully saturated rings. The van der Waals surface area contributed by atoms with E-state index in [1.807, 2.05) is 0 Å². The van der Waals surface area contributed by atoms with Crippen LogP contribution in [0.2, 0.25) is 0 Å². The molecule has 18 heavy (non-hydrogen) atoms. The third-order valence-corrected chi connectivity index (χ3v) is 3.00. The van der Waals surface area contributed by atoms with Crippen molar-refractivity contribution in [1.82, 2.24) is 0 Å². The Hall–Kier alpha value is -0.440. The minimum atomic E-state index is -4.42. The third kappa shape index (κ3) is 5.05. The monoisotopic (exact) mass is 294 g/mol. The van der Waals surface area contributed by atoms with Gasteiger partial charge in [-0.25, -0.2) is 0 Å². The Kier molecular flexibility index (Phi) is 7.98. The van der Waals surface area contributed by atoms with Gasteiger partial charge in [0.2, 0.25) is 0 Å². The first-order valence-corrected chi connectivity index (χ1v) is 6.08. The van der Waals surface area contributed by atoms with Crippen LogP contribution in [0, 0.1) is 5.41 Å². The molecule has 0 spiro atoms. The van der Waals surface area contributed by atoms with Crippen molar-refractivity contribution in [1.29, 1.82) is 0 Å². The maximum absolute atomic E-state index is 10.7. The van der Waals surface area contributed by atoms with Crippen molar-refractivity contribution in [3.63, 3.8) is 0 Å². The van der Waals surface area contributed by atoms with Gasteiger partial charge >= 0.3 is 55.1 Å². The summed E-state index contributed by atoms with van der Waals surface area (Å²) >= 11 is 0. The normalized spacial score (nSPS) is 11.4. The van der Waals surface area contributed by atoms with Crippen LogP contribution in [0.1, 0.15) is 12.8 Å². The van der Waals surface area contributed by atoms with Crippen LogP contribution >= 0.6 is 7.60 Å². The predicted octanol–water partition coefficient (Wildman–Crippen LogP) is -1.46. The minimum absolute atomic E-state index is 0. The van der Waals surface area contributed by atoms with Gasteiger partial charge in [-0.05, 0) is 12.8 Å². The van der Waals surface area contributed by atoms with Gasteiger partial charge in [0.25, 0.3) is 5.41 Å². The Morgan fingerprint density at radius 1 is 0.944 bits per heavy atom. The molecule has 0 radical (unpaired) electrons. The second-order valence-electron chi connectivity index (χ2n) is 3.31. The standard InChI is InChI=1S/C7H11O9P.Na.H/c8-4(9)7(5(10)11,6(12)13)2-1-3-17(14,15)16;;/h1-3H2,(H,8,9)(H,10,11)(H,12,13)(H2,14,15,16);;. The quantitative estimate of drug-likeness (QED) is 0.214. The number of aliphatic carboxylic acids is 3. The molecule has 0 atom stereocenters. The van der Waals surface area contributed by atoms with Crippen molar-refractivity contribution >= 4 is 55.1 Å². The predicted molar refractivity (Wildman–Crippen MR) is 58.6 cm³/mol. The van der Waals surface area contributed by atoms with Crippen molar-refractivity contribution in [2.45, 2.75) is 12.8 Å². The molecule has 0 unspecified atom stereocenters. The Bertz CT molecular complexity index is 350. The third-order valence-electron chi connectivity index (χ3n) is 2.10. The summed E-state index contributed by atoms with van der Waals surface area (Å²) in [6, 6.07) is 0. The van der Waals surface area contributed by atoms with E-state index < -0.39 is 49.9 Å². The molecule has 5 N–H and O–H groups in total. The molecular formula is C7H12NaO9P. The van der Waals surface area contributed by atoms with E-state index >= 15 is 0 Å². The zero-order chi connectivity index (χ0) is 13.9. The average Bonchev–Trinajstić information content (AvgIpc) is 2.08. The van der Waals surface area contributed by atoms with Gasteiger partial charge in [-0.3, -0.25) is 18.9 Å². The van der Waals surface area contributed by atoms with E-state index in [-0.39, 0.29) is 29.6 Å². The van der Waals surface area contributed by atoms with Gasteiger partial charge in [-0.2, -0.15) is 0 Å². The molecule has 100 valence electrons. The molecule has 0 amide bonds. The summed E-state index contributed by atoms with van der Waals surface area (Å²) in [5.41, 5.74) is -3.07. The van der Waals surface area contributed by atoms with Crippen LogP contribution < -0.4 is 0 Å². The summed E-state index contributed by atoms with van der Waals surface area (Å²) in [7, 11) is -4.42. The first-order chi connectivity index (χ1) is 7.54. The van der Waals surface area contributed by atoms with Crippen LogP contribution in [0.4, 0.5) is 0 Å². The number of carboxylic acids is 3. The fourth-order valence-corrected chi connectivity index (χ4v) is 1.72. The van der Waals surface area contributed by atoms with Crippen LogP contribution in [0.3, 0.4) is 0 Å². The zero-order valence-electron chi connectivity index (χ0n) is 8.44. The van der Waals surface area contributed by atoms with Crippen molar-refractivity contribution in [2.24, 2.45) is 5.41 Å². The molecule has 0 rings (SSSR count). The average molecular weight is 294 g/mol. The molecule has 0 aliphatic heterocycles. The fourth-order valence-electron chi connectivity index (χ4n) is 1.15. The SMILES string of the molecule is O=C(O)C(CCCP(=O)(O)O)(C(=O)O)C(=O)O.[NaH]. The van der Waals surface area contributed by atoms with Crippen LogP contribution in [0.25, 0.3) is 0 Å².